The average Bonchev–Trinajstić information content (AvgIpc) is 2.89. The number of carbonyl (C=O) groups excluding carboxylic acids is 2. The number of aromatic nitrogens is 1. The largest absolute Gasteiger partial charge is 0.480 e. The highest BCUT2D eigenvalue weighted by molar-refractivity contribution is 6.08. The maximum Gasteiger partial charge on any atom is 0.404 e. The van der Waals surface area contributed by atoms with Crippen LogP contribution in [-0.2, 0) is 20.9 Å². The van der Waals surface area contributed by atoms with E-state index < -0.39 is 23.5 Å². The smallest absolute Gasteiger partial charge is 0.404 e. The number of hydrogen-bond donors (Lipinski definition) is 3. The third-order valence-electron chi connectivity index (χ3n) is 4.94. The van der Waals surface area contributed by atoms with E-state index in [-0.39, 0.29) is 18.6 Å². The van der Waals surface area contributed by atoms with Gasteiger partial charge < -0.3 is 26.2 Å². The van der Waals surface area contributed by atoms with E-state index in [1.807, 2.05) is 0 Å². The van der Waals surface area contributed by atoms with Crippen LogP contribution in [0.15, 0.2) is 23.9 Å². The number of nitrogens with two attached hydrogens (primary N) is 2. The van der Waals surface area contributed by atoms with Gasteiger partial charge in [0.2, 0.25) is 0 Å². The lowest BCUT2D eigenvalue weighted by Crippen LogP contribution is -2.58. The van der Waals surface area contributed by atoms with Gasteiger partial charge in [-0.3, -0.25) is 9.78 Å². The summed E-state index contributed by atoms with van der Waals surface area (Å²) in [4.78, 5) is 40.7. The van der Waals surface area contributed by atoms with Crippen LogP contribution in [-0.4, -0.2) is 51.7 Å². The molecule has 26 heavy (non-hydrogen) atoms. The zero-order valence-corrected chi connectivity index (χ0v) is 14.2. The number of hydrogen-bond acceptors (Lipinski definition) is 6. The first-order valence-corrected chi connectivity index (χ1v) is 8.11. The van der Waals surface area contributed by atoms with Crippen LogP contribution in [0.25, 0.3) is 6.08 Å². The van der Waals surface area contributed by atoms with Gasteiger partial charge in [0, 0.05) is 23.7 Å². The van der Waals surface area contributed by atoms with Gasteiger partial charge in [-0.25, -0.2) is 9.59 Å². The fraction of sp³-hybridized carbons (Fsp3) is 0.412. The summed E-state index contributed by atoms with van der Waals surface area (Å²) in [6, 6.07) is 2.11. The number of carboxylic acid groups (broad SMARTS) is 1. The van der Waals surface area contributed by atoms with Gasteiger partial charge in [0.15, 0.2) is 0 Å². The van der Waals surface area contributed by atoms with Crippen molar-refractivity contribution in [3.63, 3.8) is 0 Å². The maximum atomic E-state index is 12.6. The number of ether oxygens (including phenoxy) is 1. The Kier molecular flexibility index (Phi) is 4.41. The van der Waals surface area contributed by atoms with E-state index in [0.29, 0.717) is 24.2 Å². The molecule has 0 spiro atoms. The molecule has 1 aromatic rings. The van der Waals surface area contributed by atoms with Crippen molar-refractivity contribution in [3.05, 3.63) is 35.2 Å². The minimum atomic E-state index is -1.14. The standard InChI is InChI=1S/C17H20N4O5/c1-17(8-26-16(19)25)6-12-11(14(22)21(12)13(17)15(23)24)5-10-4-9(7-18)2-3-20-10/h2-5,12-13H,6-8,18H2,1H3,(H2,19,25)(H,23,24)/b11-5+/t12?,13-,17-/m0/s1. The summed E-state index contributed by atoms with van der Waals surface area (Å²) in [5.41, 5.74) is 11.6. The number of primary amides is 1. The minimum absolute atomic E-state index is 0.173. The second kappa shape index (κ2) is 6.41. The Morgan fingerprint density at radius 2 is 2.27 bits per heavy atom. The molecule has 3 heterocycles. The molecule has 0 saturated carbocycles. The summed E-state index contributed by atoms with van der Waals surface area (Å²) in [5.74, 6) is -1.50. The first-order chi connectivity index (χ1) is 12.3. The highest BCUT2D eigenvalue weighted by Gasteiger charge is 2.62. The number of aliphatic carboxylic acids is 1. The summed E-state index contributed by atoms with van der Waals surface area (Å²) in [6.07, 6.45) is 2.64. The average molecular weight is 360 g/mol. The Morgan fingerprint density at radius 3 is 2.88 bits per heavy atom. The van der Waals surface area contributed by atoms with Crippen molar-refractivity contribution >= 4 is 24.0 Å². The summed E-state index contributed by atoms with van der Waals surface area (Å²) >= 11 is 0. The molecule has 2 aliphatic heterocycles. The maximum absolute atomic E-state index is 12.6. The highest BCUT2D eigenvalue weighted by Crippen LogP contribution is 2.49. The minimum Gasteiger partial charge on any atom is -0.480 e. The predicted molar refractivity (Wildman–Crippen MR) is 90.4 cm³/mol. The van der Waals surface area contributed by atoms with Crippen LogP contribution in [0.2, 0.25) is 0 Å². The summed E-state index contributed by atoms with van der Waals surface area (Å²) in [6.45, 7) is 1.85. The highest BCUT2D eigenvalue weighted by atomic mass is 16.5. The lowest BCUT2D eigenvalue weighted by molar-refractivity contribution is -0.155. The molecule has 9 heteroatoms. The number of pyridine rings is 1. The second-order valence-electron chi connectivity index (χ2n) is 6.83. The van der Waals surface area contributed by atoms with E-state index in [0.717, 1.165) is 5.56 Å². The van der Waals surface area contributed by atoms with Crippen molar-refractivity contribution in [2.24, 2.45) is 16.9 Å². The van der Waals surface area contributed by atoms with E-state index >= 15 is 0 Å². The molecule has 0 radical (unpaired) electrons. The molecule has 2 saturated heterocycles. The summed E-state index contributed by atoms with van der Waals surface area (Å²) in [5, 5.41) is 9.59. The molecule has 3 atom stereocenters. The van der Waals surface area contributed by atoms with Gasteiger partial charge in [0.1, 0.15) is 12.6 Å². The molecule has 0 aliphatic carbocycles. The Morgan fingerprint density at radius 1 is 1.54 bits per heavy atom. The van der Waals surface area contributed by atoms with Crippen LogP contribution < -0.4 is 11.5 Å². The van der Waals surface area contributed by atoms with Gasteiger partial charge in [-0.15, -0.1) is 0 Å². The Bertz CT molecular complexity index is 808. The van der Waals surface area contributed by atoms with Gasteiger partial charge in [0.05, 0.1) is 11.7 Å². The molecule has 1 unspecified atom stereocenters. The summed E-state index contributed by atoms with van der Waals surface area (Å²) in [7, 11) is 0. The van der Waals surface area contributed by atoms with E-state index in [1.54, 1.807) is 31.3 Å². The van der Waals surface area contributed by atoms with Crippen molar-refractivity contribution in [2.45, 2.75) is 32.0 Å². The Hall–Kier alpha value is -2.94. The molecule has 5 N–H and O–H groups in total. The molecule has 2 amide bonds. The zero-order chi connectivity index (χ0) is 19.1. The van der Waals surface area contributed by atoms with Crippen molar-refractivity contribution in [1.29, 1.82) is 0 Å². The fourth-order valence-corrected chi connectivity index (χ4v) is 3.72. The molecule has 1 aromatic heterocycles. The van der Waals surface area contributed by atoms with Gasteiger partial charge in [-0.2, -0.15) is 0 Å². The lowest BCUT2D eigenvalue weighted by Gasteiger charge is -2.40. The molecule has 138 valence electrons. The number of carboxylic acids is 1. The number of fused-ring (bicyclic) bond motifs is 1. The molecular formula is C17H20N4O5. The number of rotatable bonds is 5. The van der Waals surface area contributed by atoms with Gasteiger partial charge in [-0.05, 0) is 30.2 Å². The Balaban J connectivity index is 1.89. The van der Waals surface area contributed by atoms with Crippen molar-refractivity contribution < 1.29 is 24.2 Å². The lowest BCUT2D eigenvalue weighted by atomic mass is 9.81. The summed E-state index contributed by atoms with van der Waals surface area (Å²) < 4.78 is 4.84. The van der Waals surface area contributed by atoms with Gasteiger partial charge >= 0.3 is 12.1 Å². The monoisotopic (exact) mass is 360 g/mol. The predicted octanol–water partition coefficient (Wildman–Crippen LogP) is 0.0930. The Labute approximate surface area is 149 Å². The topological polar surface area (TPSA) is 149 Å². The molecular weight excluding hydrogens is 340 g/mol. The third kappa shape index (κ3) is 2.90. The van der Waals surface area contributed by atoms with E-state index in [4.69, 9.17) is 16.2 Å². The first-order valence-electron chi connectivity index (χ1n) is 8.11. The number of carbonyl (C=O) groups is 3. The first kappa shape index (κ1) is 17.9. The van der Waals surface area contributed by atoms with Crippen LogP contribution in [0.1, 0.15) is 24.6 Å². The zero-order valence-electron chi connectivity index (χ0n) is 14.2. The second-order valence-corrected chi connectivity index (χ2v) is 6.83. The van der Waals surface area contributed by atoms with Crippen LogP contribution in [0, 0.1) is 5.41 Å². The molecule has 2 aliphatic rings. The van der Waals surface area contributed by atoms with Crippen LogP contribution in [0.4, 0.5) is 4.79 Å². The SMILES string of the molecule is C[C@@]1(COC(N)=O)CC2/C(=C\c3cc(CN)ccn3)C(=O)N2[C@H]1C(=O)O. The van der Waals surface area contributed by atoms with Crippen molar-refractivity contribution in [3.8, 4) is 0 Å². The molecule has 0 bridgehead atoms. The van der Waals surface area contributed by atoms with Crippen molar-refractivity contribution in [1.82, 2.24) is 9.88 Å². The quantitative estimate of drug-likeness (QED) is 0.498. The van der Waals surface area contributed by atoms with Gasteiger partial charge in [-0.1, -0.05) is 6.92 Å². The van der Waals surface area contributed by atoms with Gasteiger partial charge in [0.25, 0.3) is 5.91 Å². The fourth-order valence-electron chi connectivity index (χ4n) is 3.72. The third-order valence-corrected chi connectivity index (χ3v) is 4.94. The molecule has 3 rings (SSSR count). The van der Waals surface area contributed by atoms with Crippen molar-refractivity contribution in [2.75, 3.05) is 6.61 Å². The molecule has 2 fully saturated rings. The molecule has 0 aromatic carbocycles. The van der Waals surface area contributed by atoms with E-state index in [2.05, 4.69) is 4.98 Å². The number of β-lactam (4-membered cyclic amide) rings is 1. The van der Waals surface area contributed by atoms with Crippen LogP contribution in [0.5, 0.6) is 0 Å². The van der Waals surface area contributed by atoms with E-state index in [1.165, 1.54) is 4.90 Å². The molecule has 9 nitrogen and oxygen atoms in total. The van der Waals surface area contributed by atoms with Crippen LogP contribution in [0.3, 0.4) is 0 Å². The number of amides is 2. The normalized spacial score (nSPS) is 28.6. The number of nitrogens with zero attached hydrogens (tertiary/aromatic N) is 2. The van der Waals surface area contributed by atoms with Crippen LogP contribution >= 0.6 is 0 Å². The van der Waals surface area contributed by atoms with E-state index in [9.17, 15) is 19.5 Å².